The molecule has 0 saturated carbocycles. The average Bonchev–Trinajstić information content (AvgIpc) is 3.22. The Labute approximate surface area is 184 Å². The van der Waals surface area contributed by atoms with Crippen molar-refractivity contribution in [1.29, 1.82) is 0 Å². The lowest BCUT2D eigenvalue weighted by Gasteiger charge is -2.08. The van der Waals surface area contributed by atoms with Crippen LogP contribution in [0.1, 0.15) is 5.56 Å². The Morgan fingerprint density at radius 3 is 2.58 bits per heavy atom. The SMILES string of the molecule is COc1ccc2oc(-c3ccc(NC(=S)NC(=O)C=Cc4ccccc4)cc3)nc2c1. The smallest absolute Gasteiger partial charge is 0.250 e. The molecule has 0 unspecified atom stereocenters. The molecular formula is C24H19N3O3S. The van der Waals surface area contributed by atoms with Gasteiger partial charge in [-0.2, -0.15) is 0 Å². The van der Waals surface area contributed by atoms with Crippen LogP contribution in [0.5, 0.6) is 5.75 Å². The highest BCUT2D eigenvalue weighted by Crippen LogP contribution is 2.27. The number of methoxy groups -OCH3 is 1. The van der Waals surface area contributed by atoms with E-state index >= 15 is 0 Å². The molecule has 1 heterocycles. The van der Waals surface area contributed by atoms with Crippen LogP contribution in [0.25, 0.3) is 28.6 Å². The Morgan fingerprint density at radius 2 is 1.84 bits per heavy atom. The van der Waals surface area contributed by atoms with Crippen molar-refractivity contribution in [3.8, 4) is 17.2 Å². The van der Waals surface area contributed by atoms with Crippen LogP contribution in [0.2, 0.25) is 0 Å². The second-order valence-electron chi connectivity index (χ2n) is 6.62. The third-order valence-corrected chi connectivity index (χ3v) is 4.65. The van der Waals surface area contributed by atoms with Crippen molar-refractivity contribution in [1.82, 2.24) is 10.3 Å². The minimum atomic E-state index is -0.306. The molecule has 0 radical (unpaired) electrons. The van der Waals surface area contributed by atoms with E-state index in [0.29, 0.717) is 11.5 Å². The van der Waals surface area contributed by atoms with Crippen LogP contribution >= 0.6 is 12.2 Å². The Morgan fingerprint density at radius 1 is 1.06 bits per heavy atom. The molecule has 0 fully saturated rings. The van der Waals surface area contributed by atoms with Gasteiger partial charge >= 0.3 is 0 Å². The first-order chi connectivity index (χ1) is 15.1. The van der Waals surface area contributed by atoms with Crippen molar-refractivity contribution in [3.63, 3.8) is 0 Å². The van der Waals surface area contributed by atoms with Gasteiger partial charge in [-0.15, -0.1) is 0 Å². The standard InChI is InChI=1S/C24H19N3O3S/c1-29-19-12-13-21-20(15-19)26-23(30-21)17-8-10-18(11-9-17)25-24(31)27-22(28)14-7-16-5-3-2-4-6-16/h2-15H,1H3,(H2,25,27,28,31). The zero-order valence-corrected chi connectivity index (χ0v) is 17.5. The summed E-state index contributed by atoms with van der Waals surface area (Å²) in [7, 11) is 1.61. The van der Waals surface area contributed by atoms with Gasteiger partial charge in [0, 0.05) is 23.4 Å². The molecule has 0 aliphatic rings. The van der Waals surface area contributed by atoms with Crippen LogP contribution in [-0.2, 0) is 4.79 Å². The molecule has 1 aromatic heterocycles. The van der Waals surface area contributed by atoms with Crippen LogP contribution in [0, 0.1) is 0 Å². The summed E-state index contributed by atoms with van der Waals surface area (Å²) in [6.45, 7) is 0. The molecule has 0 aliphatic carbocycles. The lowest BCUT2D eigenvalue weighted by atomic mass is 10.2. The van der Waals surface area contributed by atoms with Crippen LogP contribution in [0.4, 0.5) is 5.69 Å². The number of oxazole rings is 1. The number of rotatable bonds is 5. The van der Waals surface area contributed by atoms with E-state index in [1.807, 2.05) is 72.8 Å². The van der Waals surface area contributed by atoms with Gasteiger partial charge in [0.2, 0.25) is 11.8 Å². The molecule has 4 aromatic rings. The molecule has 0 aliphatic heterocycles. The number of thiocarbonyl (C=S) groups is 1. The van der Waals surface area contributed by atoms with E-state index < -0.39 is 0 Å². The number of benzene rings is 3. The second-order valence-corrected chi connectivity index (χ2v) is 7.03. The van der Waals surface area contributed by atoms with Crippen LogP contribution in [-0.4, -0.2) is 23.1 Å². The van der Waals surface area contributed by atoms with E-state index in [1.165, 1.54) is 6.08 Å². The Bertz CT molecular complexity index is 1250. The number of carbonyl (C=O) groups excluding carboxylic acids is 1. The minimum Gasteiger partial charge on any atom is -0.497 e. The van der Waals surface area contributed by atoms with Crippen molar-refractivity contribution >= 4 is 46.1 Å². The van der Waals surface area contributed by atoms with Crippen molar-refractivity contribution in [2.24, 2.45) is 0 Å². The fourth-order valence-corrected chi connectivity index (χ4v) is 3.12. The molecule has 7 heteroatoms. The molecule has 1 amide bonds. The maximum absolute atomic E-state index is 12.0. The molecule has 31 heavy (non-hydrogen) atoms. The highest BCUT2D eigenvalue weighted by Gasteiger charge is 2.09. The van der Waals surface area contributed by atoms with Gasteiger partial charge in [-0.3, -0.25) is 10.1 Å². The molecule has 154 valence electrons. The quantitative estimate of drug-likeness (QED) is 0.342. The van der Waals surface area contributed by atoms with Gasteiger partial charge in [0.1, 0.15) is 11.3 Å². The lowest BCUT2D eigenvalue weighted by molar-refractivity contribution is -0.115. The molecule has 0 atom stereocenters. The van der Waals surface area contributed by atoms with Gasteiger partial charge < -0.3 is 14.5 Å². The first kappa shape index (κ1) is 20.3. The van der Waals surface area contributed by atoms with Gasteiger partial charge in [-0.05, 0) is 60.3 Å². The summed E-state index contributed by atoms with van der Waals surface area (Å²) >= 11 is 5.22. The van der Waals surface area contributed by atoms with Crippen LogP contribution in [0.3, 0.4) is 0 Å². The first-order valence-corrected chi connectivity index (χ1v) is 9.92. The summed E-state index contributed by atoms with van der Waals surface area (Å²) in [6, 6.07) is 22.4. The van der Waals surface area contributed by atoms with Gasteiger partial charge in [-0.1, -0.05) is 30.3 Å². The number of nitrogens with zero attached hydrogens (tertiary/aromatic N) is 1. The van der Waals surface area contributed by atoms with Crippen molar-refractivity contribution < 1.29 is 13.9 Å². The van der Waals surface area contributed by atoms with Gasteiger partial charge in [0.15, 0.2) is 10.7 Å². The summed E-state index contributed by atoms with van der Waals surface area (Å²) in [6.07, 6.45) is 3.16. The number of hydrogen-bond acceptors (Lipinski definition) is 5. The number of anilines is 1. The van der Waals surface area contributed by atoms with E-state index in [4.69, 9.17) is 21.4 Å². The van der Waals surface area contributed by atoms with Gasteiger partial charge in [-0.25, -0.2) is 4.98 Å². The third-order valence-electron chi connectivity index (χ3n) is 4.45. The maximum atomic E-state index is 12.0. The topological polar surface area (TPSA) is 76.4 Å². The number of carbonyl (C=O) groups is 1. The van der Waals surface area contributed by atoms with Gasteiger partial charge in [0.25, 0.3) is 0 Å². The Hall–Kier alpha value is -3.97. The monoisotopic (exact) mass is 429 g/mol. The van der Waals surface area contributed by atoms with Crippen molar-refractivity contribution in [2.45, 2.75) is 0 Å². The third kappa shape index (κ3) is 5.15. The maximum Gasteiger partial charge on any atom is 0.250 e. The van der Waals surface area contributed by atoms with Crippen molar-refractivity contribution in [2.75, 3.05) is 12.4 Å². The molecule has 2 N–H and O–H groups in total. The normalized spacial score (nSPS) is 10.9. The molecular weight excluding hydrogens is 410 g/mol. The Kier molecular flexibility index (Phi) is 6.05. The zero-order valence-electron chi connectivity index (χ0n) is 16.7. The van der Waals surface area contributed by atoms with E-state index in [2.05, 4.69) is 15.6 Å². The summed E-state index contributed by atoms with van der Waals surface area (Å²) in [4.78, 5) is 16.5. The highest BCUT2D eigenvalue weighted by molar-refractivity contribution is 7.80. The molecule has 3 aromatic carbocycles. The summed E-state index contributed by atoms with van der Waals surface area (Å²) < 4.78 is 11.0. The summed E-state index contributed by atoms with van der Waals surface area (Å²) in [5, 5.41) is 5.83. The van der Waals surface area contributed by atoms with E-state index in [9.17, 15) is 4.79 Å². The van der Waals surface area contributed by atoms with Crippen molar-refractivity contribution in [3.05, 3.63) is 84.4 Å². The first-order valence-electron chi connectivity index (χ1n) is 9.51. The number of ether oxygens (including phenoxy) is 1. The Balaban J connectivity index is 1.37. The average molecular weight is 430 g/mol. The predicted octanol–water partition coefficient (Wildman–Crippen LogP) is 5.03. The van der Waals surface area contributed by atoms with Crippen LogP contribution < -0.4 is 15.4 Å². The summed E-state index contributed by atoms with van der Waals surface area (Å²) in [5.41, 5.74) is 3.90. The molecule has 0 spiro atoms. The predicted molar refractivity (Wildman–Crippen MR) is 126 cm³/mol. The fraction of sp³-hybridized carbons (Fsp3) is 0.0417. The van der Waals surface area contributed by atoms with E-state index in [0.717, 1.165) is 28.1 Å². The number of nitrogens with one attached hydrogen (secondary N) is 2. The number of hydrogen-bond donors (Lipinski definition) is 2. The number of fused-ring (bicyclic) bond motifs is 1. The fourth-order valence-electron chi connectivity index (χ4n) is 2.91. The van der Waals surface area contributed by atoms with Gasteiger partial charge in [0.05, 0.1) is 7.11 Å². The summed E-state index contributed by atoms with van der Waals surface area (Å²) in [5.74, 6) is 0.928. The minimum absolute atomic E-state index is 0.212. The highest BCUT2D eigenvalue weighted by atomic mass is 32.1. The molecule has 6 nitrogen and oxygen atoms in total. The lowest BCUT2D eigenvalue weighted by Crippen LogP contribution is -2.32. The second kappa shape index (κ2) is 9.23. The zero-order chi connectivity index (χ0) is 21.6. The molecule has 0 bridgehead atoms. The molecule has 4 rings (SSSR count). The number of aromatic nitrogens is 1. The largest absolute Gasteiger partial charge is 0.497 e. The van der Waals surface area contributed by atoms with E-state index in [1.54, 1.807) is 13.2 Å². The van der Waals surface area contributed by atoms with E-state index in [-0.39, 0.29) is 11.0 Å². The van der Waals surface area contributed by atoms with Crippen LogP contribution in [0.15, 0.2) is 83.3 Å². The number of amides is 1. The molecule has 0 saturated heterocycles.